The molecule has 1 aromatic carbocycles. The molecule has 29 heavy (non-hydrogen) atoms. The van der Waals surface area contributed by atoms with Gasteiger partial charge in [0.15, 0.2) is 0 Å². The molecule has 7 heteroatoms. The highest BCUT2D eigenvalue weighted by Crippen LogP contribution is 2.33. The van der Waals surface area contributed by atoms with Crippen molar-refractivity contribution in [1.82, 2.24) is 10.1 Å². The molecule has 5 nitrogen and oxygen atoms in total. The molecule has 0 N–H and O–H groups in total. The Morgan fingerprint density at radius 2 is 2.03 bits per heavy atom. The van der Waals surface area contributed by atoms with Crippen molar-refractivity contribution in [3.63, 3.8) is 0 Å². The van der Waals surface area contributed by atoms with Gasteiger partial charge in [-0.05, 0) is 49.6 Å². The van der Waals surface area contributed by atoms with Crippen LogP contribution in [0.15, 0.2) is 51.6 Å². The molecule has 0 radical (unpaired) electrons. The molecular formula is C22H23ClN2O3S. The first-order chi connectivity index (χ1) is 14.1. The zero-order chi connectivity index (χ0) is 20.2. The molecule has 0 spiro atoms. The van der Waals surface area contributed by atoms with Gasteiger partial charge in [0.2, 0.25) is 0 Å². The minimum atomic E-state index is -0.0274. The van der Waals surface area contributed by atoms with Crippen LogP contribution in [-0.4, -0.2) is 34.8 Å². The van der Waals surface area contributed by atoms with Crippen LogP contribution in [-0.2, 0) is 5.75 Å². The molecule has 1 saturated heterocycles. The maximum absolute atomic E-state index is 13.2. The molecule has 1 amide bonds. The molecule has 0 aliphatic carbocycles. The van der Waals surface area contributed by atoms with Gasteiger partial charge in [0.05, 0.1) is 17.0 Å². The summed E-state index contributed by atoms with van der Waals surface area (Å²) in [5, 5.41) is 4.68. The number of piperidine rings is 1. The number of halogens is 1. The summed E-state index contributed by atoms with van der Waals surface area (Å²) in [6.07, 6.45) is 3.72. The van der Waals surface area contributed by atoms with Crippen LogP contribution in [0.2, 0.25) is 5.02 Å². The molecule has 2 aromatic heterocycles. The average Bonchev–Trinajstić information content (AvgIpc) is 3.38. The predicted octanol–water partition coefficient (Wildman–Crippen LogP) is 5.68. The summed E-state index contributed by atoms with van der Waals surface area (Å²) < 4.78 is 10.7. The minimum absolute atomic E-state index is 0.0274. The van der Waals surface area contributed by atoms with Crippen LogP contribution >= 0.6 is 23.4 Å². The summed E-state index contributed by atoms with van der Waals surface area (Å²) in [6.45, 7) is 3.27. The van der Waals surface area contributed by atoms with Crippen LogP contribution in [0.25, 0.3) is 11.3 Å². The number of hydrogen-bond acceptors (Lipinski definition) is 5. The second-order valence-corrected chi connectivity index (χ2v) is 8.71. The van der Waals surface area contributed by atoms with Crippen molar-refractivity contribution in [3.05, 3.63) is 64.8 Å². The first-order valence-corrected chi connectivity index (χ1v) is 11.3. The monoisotopic (exact) mass is 430 g/mol. The van der Waals surface area contributed by atoms with E-state index in [-0.39, 0.29) is 5.91 Å². The summed E-state index contributed by atoms with van der Waals surface area (Å²) in [6, 6.07) is 11.3. The molecule has 0 unspecified atom stereocenters. The lowest BCUT2D eigenvalue weighted by atomic mass is 9.97. The Bertz CT molecular complexity index is 962. The lowest BCUT2D eigenvalue weighted by molar-refractivity contribution is 0.0697. The Labute approximate surface area is 179 Å². The highest BCUT2D eigenvalue weighted by molar-refractivity contribution is 7.98. The Hall–Kier alpha value is -2.18. The van der Waals surface area contributed by atoms with Crippen LogP contribution in [0.3, 0.4) is 0 Å². The molecule has 1 fully saturated rings. The van der Waals surface area contributed by atoms with E-state index in [4.69, 9.17) is 20.5 Å². The Morgan fingerprint density at radius 3 is 2.76 bits per heavy atom. The van der Waals surface area contributed by atoms with Crippen LogP contribution < -0.4 is 0 Å². The van der Waals surface area contributed by atoms with Crippen molar-refractivity contribution in [2.45, 2.75) is 25.5 Å². The Balaban J connectivity index is 1.38. The normalized spacial score (nSPS) is 15.0. The molecule has 0 saturated carbocycles. The zero-order valence-electron chi connectivity index (χ0n) is 16.3. The van der Waals surface area contributed by atoms with Crippen molar-refractivity contribution >= 4 is 29.3 Å². The van der Waals surface area contributed by atoms with Crippen molar-refractivity contribution in [2.24, 2.45) is 5.92 Å². The fraction of sp³-hybridized carbons (Fsp3) is 0.364. The minimum Gasteiger partial charge on any atom is -0.468 e. The predicted molar refractivity (Wildman–Crippen MR) is 115 cm³/mol. The highest BCUT2D eigenvalue weighted by atomic mass is 35.5. The van der Waals surface area contributed by atoms with E-state index >= 15 is 0 Å². The number of carbonyl (C=O) groups excluding carboxylic acids is 1. The standard InChI is InChI=1S/C22H23ClN2O3S/c1-15-20(21(24-28-15)18-6-2-3-7-19(18)23)22(26)25-10-8-16(9-11-25)13-29-14-17-5-4-12-27-17/h2-7,12,16H,8-11,13-14H2,1H3. The van der Waals surface area contributed by atoms with Gasteiger partial charge in [-0.25, -0.2) is 0 Å². The van der Waals surface area contributed by atoms with Gasteiger partial charge in [-0.2, -0.15) is 11.8 Å². The summed E-state index contributed by atoms with van der Waals surface area (Å²) in [5.41, 5.74) is 1.76. The average molecular weight is 431 g/mol. The molecule has 0 bridgehead atoms. The van der Waals surface area contributed by atoms with E-state index in [9.17, 15) is 4.79 Å². The largest absolute Gasteiger partial charge is 0.468 e. The highest BCUT2D eigenvalue weighted by Gasteiger charge is 2.29. The Kier molecular flexibility index (Phi) is 6.31. The number of hydrogen-bond donors (Lipinski definition) is 0. The lowest BCUT2D eigenvalue weighted by Gasteiger charge is -2.32. The van der Waals surface area contributed by atoms with Gasteiger partial charge in [0.1, 0.15) is 22.8 Å². The van der Waals surface area contributed by atoms with E-state index < -0.39 is 0 Å². The van der Waals surface area contributed by atoms with Gasteiger partial charge in [-0.15, -0.1) is 0 Å². The van der Waals surface area contributed by atoms with Crippen molar-refractivity contribution in [1.29, 1.82) is 0 Å². The van der Waals surface area contributed by atoms with E-state index in [1.807, 2.05) is 47.0 Å². The SMILES string of the molecule is Cc1onc(-c2ccccc2Cl)c1C(=O)N1CCC(CSCc2ccco2)CC1. The third-order valence-corrected chi connectivity index (χ3v) is 6.81. The summed E-state index contributed by atoms with van der Waals surface area (Å²) >= 11 is 8.21. The van der Waals surface area contributed by atoms with E-state index in [0.29, 0.717) is 28.0 Å². The second-order valence-electron chi connectivity index (χ2n) is 7.27. The second kappa shape index (κ2) is 9.09. The van der Waals surface area contributed by atoms with Gasteiger partial charge in [0, 0.05) is 18.7 Å². The number of furan rings is 1. The lowest BCUT2D eigenvalue weighted by Crippen LogP contribution is -2.39. The maximum atomic E-state index is 13.2. The number of carbonyl (C=O) groups is 1. The van der Waals surface area contributed by atoms with Gasteiger partial charge in [0.25, 0.3) is 5.91 Å². The fourth-order valence-corrected chi connectivity index (χ4v) is 5.02. The van der Waals surface area contributed by atoms with E-state index in [1.54, 1.807) is 19.3 Å². The van der Waals surface area contributed by atoms with Crippen LogP contribution in [0, 0.1) is 12.8 Å². The van der Waals surface area contributed by atoms with Gasteiger partial charge in [-0.1, -0.05) is 35.0 Å². The van der Waals surface area contributed by atoms with Crippen LogP contribution in [0.5, 0.6) is 0 Å². The molecule has 3 heterocycles. The molecule has 152 valence electrons. The van der Waals surface area contributed by atoms with Crippen molar-refractivity contribution in [2.75, 3.05) is 18.8 Å². The molecule has 4 rings (SSSR count). The number of nitrogens with zero attached hydrogens (tertiary/aromatic N) is 2. The van der Waals surface area contributed by atoms with Crippen molar-refractivity contribution in [3.8, 4) is 11.3 Å². The quantitative estimate of drug-likeness (QED) is 0.503. The van der Waals surface area contributed by atoms with Crippen LogP contribution in [0.4, 0.5) is 0 Å². The van der Waals surface area contributed by atoms with E-state index in [0.717, 1.165) is 48.8 Å². The number of aryl methyl sites for hydroxylation is 1. The maximum Gasteiger partial charge on any atom is 0.259 e. The fourth-order valence-electron chi connectivity index (χ4n) is 3.64. The number of benzene rings is 1. The summed E-state index contributed by atoms with van der Waals surface area (Å²) in [4.78, 5) is 15.1. The first kappa shape index (κ1) is 20.1. The molecule has 0 atom stereocenters. The zero-order valence-corrected chi connectivity index (χ0v) is 17.8. The van der Waals surface area contributed by atoms with Crippen molar-refractivity contribution < 1.29 is 13.7 Å². The molecule has 1 aliphatic heterocycles. The molecule has 3 aromatic rings. The smallest absolute Gasteiger partial charge is 0.259 e. The summed E-state index contributed by atoms with van der Waals surface area (Å²) in [5.74, 6) is 4.11. The van der Waals surface area contributed by atoms with E-state index in [1.165, 1.54) is 0 Å². The van der Waals surface area contributed by atoms with Gasteiger partial charge >= 0.3 is 0 Å². The number of thioether (sulfide) groups is 1. The number of likely N-dealkylation sites (tertiary alicyclic amines) is 1. The Morgan fingerprint density at radius 1 is 1.24 bits per heavy atom. The van der Waals surface area contributed by atoms with Gasteiger partial charge in [-0.3, -0.25) is 4.79 Å². The molecular weight excluding hydrogens is 408 g/mol. The number of aromatic nitrogens is 1. The molecule has 1 aliphatic rings. The number of rotatable bonds is 6. The number of amides is 1. The third-order valence-electron chi connectivity index (χ3n) is 5.29. The van der Waals surface area contributed by atoms with E-state index in [2.05, 4.69) is 5.16 Å². The summed E-state index contributed by atoms with van der Waals surface area (Å²) in [7, 11) is 0. The first-order valence-electron chi connectivity index (χ1n) is 9.74. The third kappa shape index (κ3) is 4.54. The topological polar surface area (TPSA) is 59.5 Å². The van der Waals surface area contributed by atoms with Crippen LogP contribution in [0.1, 0.15) is 34.7 Å². The van der Waals surface area contributed by atoms with Gasteiger partial charge < -0.3 is 13.8 Å².